The highest BCUT2D eigenvalue weighted by molar-refractivity contribution is 6.78. The Morgan fingerprint density at radius 3 is 1.95 bits per heavy atom. The van der Waals surface area contributed by atoms with Crippen LogP contribution in [0.25, 0.3) is 0 Å². The van der Waals surface area contributed by atoms with Crippen molar-refractivity contribution in [1.29, 1.82) is 0 Å². The van der Waals surface area contributed by atoms with Crippen molar-refractivity contribution < 1.29 is 18.7 Å². The molecule has 232 valence electrons. The number of fused-ring (bicyclic) bond motifs is 4. The van der Waals surface area contributed by atoms with Gasteiger partial charge in [0.15, 0.2) is 5.78 Å². The van der Waals surface area contributed by atoms with Crippen LogP contribution in [0, 0.1) is 6.92 Å². The summed E-state index contributed by atoms with van der Waals surface area (Å²) in [6.45, 7) is 17.9. The summed E-state index contributed by atoms with van der Waals surface area (Å²) in [6, 6.07) is 18.3. The highest BCUT2D eigenvalue weighted by Crippen LogP contribution is 2.55. The first kappa shape index (κ1) is 31.5. The van der Waals surface area contributed by atoms with Crippen LogP contribution in [0.4, 0.5) is 17.1 Å². The van der Waals surface area contributed by atoms with Gasteiger partial charge in [-0.25, -0.2) is 0 Å². The molecular weight excluding hydrogens is 565 g/mol. The minimum atomic E-state index is -2.20. The van der Waals surface area contributed by atoms with Gasteiger partial charge in [-0.2, -0.15) is 0 Å². The molecule has 3 aromatic rings. The number of benzene rings is 3. The molecule has 2 aliphatic rings. The predicted octanol–water partition coefficient (Wildman–Crippen LogP) is 9.43. The standard InChI is InChI=1S/C37H46N2O4Si/c1-22(2)44(23(3)4,24(5)6)43-35-19-33-30(17-25(35)7)37(31-18-29(42-10)15-16-32(31)39-33)21-26(8)34(40)20-36(37)38-27-11-13-28(41-9)14-12-27/h11-24,38-39H,1-10H3. The molecule has 44 heavy (non-hydrogen) atoms. The van der Waals surface area contributed by atoms with Crippen LogP contribution in [0.1, 0.15) is 65.2 Å². The molecule has 7 heteroatoms. The second-order valence-electron chi connectivity index (χ2n) is 13.0. The second-order valence-corrected chi connectivity index (χ2v) is 18.4. The van der Waals surface area contributed by atoms with Crippen LogP contribution in [0.2, 0.25) is 16.6 Å². The molecule has 1 aliphatic carbocycles. The number of carbonyl (C=O) groups excluding carboxylic acids is 1. The smallest absolute Gasteiger partial charge is 0.258 e. The Hall–Kier alpha value is -3.97. The van der Waals surface area contributed by atoms with Gasteiger partial charge in [-0.3, -0.25) is 4.79 Å². The van der Waals surface area contributed by atoms with E-state index in [0.717, 1.165) is 56.7 Å². The molecule has 6 nitrogen and oxygen atoms in total. The number of ketones is 1. The zero-order valence-corrected chi connectivity index (χ0v) is 28.7. The fraction of sp³-hybridized carbons (Fsp3) is 0.378. The maximum atomic E-state index is 13.3. The summed E-state index contributed by atoms with van der Waals surface area (Å²) in [5.74, 6) is 2.42. The van der Waals surface area contributed by atoms with Crippen LogP contribution in [0.3, 0.4) is 0 Å². The van der Waals surface area contributed by atoms with Crippen LogP contribution in [0.5, 0.6) is 17.2 Å². The fourth-order valence-corrected chi connectivity index (χ4v) is 12.7. The summed E-state index contributed by atoms with van der Waals surface area (Å²) < 4.78 is 18.3. The lowest BCUT2D eigenvalue weighted by Gasteiger charge is -2.45. The number of methoxy groups -OCH3 is 2. The summed E-state index contributed by atoms with van der Waals surface area (Å²) in [7, 11) is 1.13. The molecule has 3 aromatic carbocycles. The van der Waals surface area contributed by atoms with Crippen LogP contribution >= 0.6 is 0 Å². The van der Waals surface area contributed by atoms with Gasteiger partial charge in [-0.05, 0) is 101 Å². The first-order valence-corrected chi connectivity index (χ1v) is 17.7. The van der Waals surface area contributed by atoms with E-state index in [1.165, 1.54) is 0 Å². The van der Waals surface area contributed by atoms with Crippen LogP contribution in [-0.4, -0.2) is 28.3 Å². The summed E-state index contributed by atoms with van der Waals surface area (Å²) in [4.78, 5) is 13.3. The van der Waals surface area contributed by atoms with Crippen molar-refractivity contribution in [1.82, 2.24) is 0 Å². The Morgan fingerprint density at radius 1 is 0.773 bits per heavy atom. The van der Waals surface area contributed by atoms with Gasteiger partial charge in [0.25, 0.3) is 8.32 Å². The van der Waals surface area contributed by atoms with Crippen LogP contribution in [0.15, 0.2) is 78.0 Å². The molecule has 2 N–H and O–H groups in total. The summed E-state index contributed by atoms with van der Waals surface area (Å²) in [6.07, 6.45) is 3.85. The minimum absolute atomic E-state index is 0.0191. The molecule has 0 bridgehead atoms. The van der Waals surface area contributed by atoms with Crippen molar-refractivity contribution in [2.24, 2.45) is 0 Å². The van der Waals surface area contributed by atoms with Gasteiger partial charge in [0.1, 0.15) is 17.2 Å². The zero-order valence-electron chi connectivity index (χ0n) is 27.7. The molecule has 1 atom stereocenters. The Balaban J connectivity index is 1.75. The number of nitrogens with one attached hydrogen (secondary N) is 2. The van der Waals surface area contributed by atoms with Crippen molar-refractivity contribution >= 4 is 31.2 Å². The first-order valence-electron chi connectivity index (χ1n) is 15.5. The normalized spacial score (nSPS) is 17.6. The largest absolute Gasteiger partial charge is 0.542 e. The van der Waals surface area contributed by atoms with E-state index >= 15 is 0 Å². The number of hydrogen-bond donors (Lipinski definition) is 2. The number of allylic oxidation sites excluding steroid dienone is 3. The van der Waals surface area contributed by atoms with Gasteiger partial charge < -0.3 is 24.5 Å². The zero-order chi connectivity index (χ0) is 32.0. The third-order valence-electron chi connectivity index (χ3n) is 9.55. The van der Waals surface area contributed by atoms with E-state index in [1.54, 1.807) is 20.3 Å². The Morgan fingerprint density at radius 2 is 1.36 bits per heavy atom. The predicted molar refractivity (Wildman–Crippen MR) is 183 cm³/mol. The molecule has 5 rings (SSSR count). The SMILES string of the molecule is COc1ccc(NC2=CC(=O)C(C)=CC23c2cc(OC)ccc2Nc2cc(O[Si](C(C)C)(C(C)C)C(C)C)c(C)cc23)cc1. The lowest BCUT2D eigenvalue weighted by molar-refractivity contribution is -0.111. The maximum absolute atomic E-state index is 13.3. The first-order chi connectivity index (χ1) is 20.9. The molecule has 1 unspecified atom stereocenters. The highest BCUT2D eigenvalue weighted by atomic mass is 28.4. The van der Waals surface area contributed by atoms with Gasteiger partial charge in [0.2, 0.25) is 0 Å². The molecule has 1 aliphatic heterocycles. The van der Waals surface area contributed by atoms with Crippen molar-refractivity contribution in [3.63, 3.8) is 0 Å². The van der Waals surface area contributed by atoms with E-state index in [1.807, 2.05) is 37.3 Å². The fourth-order valence-electron chi connectivity index (χ4n) is 7.39. The van der Waals surface area contributed by atoms with E-state index < -0.39 is 13.7 Å². The summed E-state index contributed by atoms with van der Waals surface area (Å²) in [5, 5.41) is 7.35. The number of ether oxygens (including phenoxy) is 2. The number of rotatable bonds is 9. The minimum Gasteiger partial charge on any atom is -0.542 e. The molecule has 0 amide bonds. The summed E-state index contributed by atoms with van der Waals surface area (Å²) >= 11 is 0. The van der Waals surface area contributed by atoms with Gasteiger partial charge in [0.05, 0.1) is 19.6 Å². The van der Waals surface area contributed by atoms with E-state index in [0.29, 0.717) is 22.2 Å². The topological polar surface area (TPSA) is 68.8 Å². The third kappa shape index (κ3) is 5.11. The monoisotopic (exact) mass is 610 g/mol. The van der Waals surface area contributed by atoms with E-state index in [4.69, 9.17) is 13.9 Å². The average molecular weight is 611 g/mol. The lowest BCUT2D eigenvalue weighted by atomic mass is 9.65. The Bertz CT molecular complexity index is 1620. The van der Waals surface area contributed by atoms with Crippen LogP contribution in [-0.2, 0) is 10.2 Å². The molecule has 0 saturated carbocycles. The van der Waals surface area contributed by atoms with E-state index in [-0.39, 0.29) is 5.78 Å². The van der Waals surface area contributed by atoms with Crippen LogP contribution < -0.4 is 24.5 Å². The molecule has 0 saturated heterocycles. The number of hydrogen-bond acceptors (Lipinski definition) is 6. The molecule has 0 fully saturated rings. The molecular formula is C37H46N2O4Si. The highest BCUT2D eigenvalue weighted by Gasteiger charge is 2.49. The van der Waals surface area contributed by atoms with Crippen molar-refractivity contribution in [3.05, 3.63) is 94.7 Å². The molecule has 0 radical (unpaired) electrons. The van der Waals surface area contributed by atoms with Crippen molar-refractivity contribution in [2.75, 3.05) is 24.9 Å². The van der Waals surface area contributed by atoms with Gasteiger partial charge in [0, 0.05) is 34.9 Å². The molecule has 0 aromatic heterocycles. The van der Waals surface area contributed by atoms with Gasteiger partial charge in [-0.1, -0.05) is 47.6 Å². The van der Waals surface area contributed by atoms with E-state index in [2.05, 4.69) is 89.4 Å². The molecule has 1 spiro atoms. The maximum Gasteiger partial charge on any atom is 0.258 e. The Labute approximate surface area is 263 Å². The Kier molecular flexibility index (Phi) is 8.47. The number of aryl methyl sites for hydroxylation is 1. The van der Waals surface area contributed by atoms with E-state index in [9.17, 15) is 4.79 Å². The third-order valence-corrected chi connectivity index (χ3v) is 15.5. The lowest BCUT2D eigenvalue weighted by Crippen LogP contribution is -2.50. The van der Waals surface area contributed by atoms with Gasteiger partial charge in [-0.15, -0.1) is 0 Å². The van der Waals surface area contributed by atoms with Gasteiger partial charge >= 0.3 is 0 Å². The summed E-state index contributed by atoms with van der Waals surface area (Å²) in [5.41, 5.74) is 7.93. The van der Waals surface area contributed by atoms with Crippen molar-refractivity contribution in [3.8, 4) is 17.2 Å². The number of anilines is 3. The quantitative estimate of drug-likeness (QED) is 0.235. The number of carbonyl (C=O) groups is 1. The molecule has 1 heterocycles. The average Bonchev–Trinajstić information content (AvgIpc) is 2.98. The second kappa shape index (κ2) is 11.8. The van der Waals surface area contributed by atoms with Crippen molar-refractivity contribution in [2.45, 2.75) is 77.4 Å².